The lowest BCUT2D eigenvalue weighted by Crippen LogP contribution is -2.26. The molecule has 0 aliphatic carbocycles. The number of rotatable bonds is 1. The van der Waals surface area contributed by atoms with Gasteiger partial charge < -0.3 is 4.74 Å². The minimum absolute atomic E-state index is 0. The molecule has 0 bridgehead atoms. The van der Waals surface area contributed by atoms with E-state index in [1.165, 1.54) is 0 Å². The van der Waals surface area contributed by atoms with E-state index in [1.807, 2.05) is 34.0 Å². The van der Waals surface area contributed by atoms with Gasteiger partial charge in [0.15, 0.2) is 0 Å². The first-order chi connectivity index (χ1) is 11.9. The van der Waals surface area contributed by atoms with Crippen LogP contribution in [0, 0.1) is 34.8 Å². The average Bonchev–Trinajstić information content (AvgIpc) is 2.51. The first-order valence-electron chi connectivity index (χ1n) is 10.1. The van der Waals surface area contributed by atoms with Crippen molar-refractivity contribution in [1.29, 1.82) is 0 Å². The van der Waals surface area contributed by atoms with Gasteiger partial charge in [0.1, 0.15) is 22.3 Å². The molecule has 26 heavy (non-hydrogen) atoms. The molecule has 0 aromatic heterocycles. The highest BCUT2D eigenvalue weighted by atomic mass is 28.3. The van der Waals surface area contributed by atoms with Crippen molar-refractivity contribution in [3.8, 4) is 22.9 Å². The highest BCUT2D eigenvalue weighted by Crippen LogP contribution is 2.25. The van der Waals surface area contributed by atoms with Gasteiger partial charge >= 0.3 is 0 Å². The van der Waals surface area contributed by atoms with E-state index in [0.29, 0.717) is 17.9 Å². The van der Waals surface area contributed by atoms with Gasteiger partial charge in [-0.1, -0.05) is 73.9 Å². The van der Waals surface area contributed by atoms with Crippen molar-refractivity contribution in [3.05, 3.63) is 12.3 Å². The van der Waals surface area contributed by atoms with Gasteiger partial charge in [0, 0.05) is 1.43 Å². The van der Waals surface area contributed by atoms with Gasteiger partial charge in [-0.2, -0.15) is 0 Å². The molecule has 1 aliphatic rings. The van der Waals surface area contributed by atoms with Crippen LogP contribution in [0.25, 0.3) is 0 Å². The van der Waals surface area contributed by atoms with Crippen LogP contribution in [0.3, 0.4) is 0 Å². The van der Waals surface area contributed by atoms with E-state index in [-0.39, 0.29) is 1.43 Å². The molecule has 3 atom stereocenters. The second-order valence-corrected chi connectivity index (χ2v) is 17.9. The molecule has 0 saturated carbocycles. The minimum Gasteiger partial charge on any atom is -0.498 e. The number of hydrogen-bond donors (Lipinski definition) is 0. The SMILES string of the molecule is CC.CC#C[Si](C)(C)C.CC#C[Si](C)(C)C.CC[C@H]1OC=C[C@@H](C)[C@@H]1C.[HH]. The third kappa shape index (κ3) is 21.1. The van der Waals surface area contributed by atoms with Crippen LogP contribution in [0.4, 0.5) is 0 Å². The summed E-state index contributed by atoms with van der Waals surface area (Å²) in [5.41, 5.74) is 6.35. The summed E-state index contributed by atoms with van der Waals surface area (Å²) in [6.45, 7) is 27.9. The smallest absolute Gasteiger partial charge is 0.129 e. The summed E-state index contributed by atoms with van der Waals surface area (Å²) >= 11 is 0. The Morgan fingerprint density at radius 2 is 1.27 bits per heavy atom. The molecule has 0 spiro atoms. The van der Waals surface area contributed by atoms with Crippen LogP contribution >= 0.6 is 0 Å². The Labute approximate surface area is 169 Å². The van der Waals surface area contributed by atoms with Crippen molar-refractivity contribution in [2.75, 3.05) is 0 Å². The first kappa shape index (κ1) is 29.8. The Kier molecular flexibility index (Phi) is 18.7. The zero-order valence-electron chi connectivity index (χ0n) is 20.0. The Hall–Kier alpha value is -0.906. The second kappa shape index (κ2) is 16.3. The normalized spacial score (nSPS) is 20.6. The summed E-state index contributed by atoms with van der Waals surface area (Å²) in [4.78, 5) is 0. The van der Waals surface area contributed by atoms with Crippen LogP contribution in [-0.4, -0.2) is 22.3 Å². The number of hydrogen-bond acceptors (Lipinski definition) is 1. The van der Waals surface area contributed by atoms with Crippen LogP contribution in [0.2, 0.25) is 39.3 Å². The van der Waals surface area contributed by atoms with Crippen molar-refractivity contribution in [1.82, 2.24) is 0 Å². The van der Waals surface area contributed by atoms with Gasteiger partial charge in [-0.25, -0.2) is 0 Å². The molecule has 1 nitrogen and oxygen atoms in total. The molecule has 0 amide bonds. The van der Waals surface area contributed by atoms with Crippen molar-refractivity contribution in [3.63, 3.8) is 0 Å². The highest BCUT2D eigenvalue weighted by molar-refractivity contribution is 6.84. The van der Waals surface area contributed by atoms with Crippen molar-refractivity contribution < 1.29 is 6.16 Å². The average molecular weight is 397 g/mol. The summed E-state index contributed by atoms with van der Waals surface area (Å²) in [6, 6.07) is 0. The van der Waals surface area contributed by atoms with E-state index in [2.05, 4.69) is 89.1 Å². The van der Waals surface area contributed by atoms with Gasteiger partial charge in [-0.15, -0.1) is 22.9 Å². The van der Waals surface area contributed by atoms with Crippen LogP contribution in [0.15, 0.2) is 12.3 Å². The fourth-order valence-electron chi connectivity index (χ4n) is 2.13. The van der Waals surface area contributed by atoms with Crippen LogP contribution < -0.4 is 0 Å². The van der Waals surface area contributed by atoms with Gasteiger partial charge in [0.25, 0.3) is 0 Å². The summed E-state index contributed by atoms with van der Waals surface area (Å²) in [7, 11) is -2.04. The fourth-order valence-corrected chi connectivity index (χ4v) is 3.63. The van der Waals surface area contributed by atoms with Gasteiger partial charge in [0.2, 0.25) is 0 Å². The zero-order chi connectivity index (χ0) is 21.4. The standard InChI is InChI=1S/C9H16O.2C6H12Si.C2H6.H2/c1-4-9-8(3)7(2)5-6-10-9;2*1-5-6-7(2,3)4;1-2;/h5-9H,4H2,1-3H3;2*1-4H3;1-2H3;1H/t7-,8+,9-;;;;/m1..../s1. The summed E-state index contributed by atoms with van der Waals surface area (Å²) in [5.74, 6) is 7.19. The number of ether oxygens (including phenoxy) is 1. The zero-order valence-corrected chi connectivity index (χ0v) is 22.0. The lowest BCUT2D eigenvalue weighted by atomic mass is 9.88. The van der Waals surface area contributed by atoms with E-state index in [9.17, 15) is 0 Å². The van der Waals surface area contributed by atoms with E-state index >= 15 is 0 Å². The van der Waals surface area contributed by atoms with Gasteiger partial charge in [-0.05, 0) is 38.2 Å². The molecular formula is C23H48OSi2. The van der Waals surface area contributed by atoms with E-state index in [0.717, 1.165) is 6.42 Å². The molecule has 1 heterocycles. The maximum Gasteiger partial charge on any atom is 0.129 e. The molecule has 3 heteroatoms. The van der Waals surface area contributed by atoms with E-state index in [1.54, 1.807) is 0 Å². The molecular weight excluding hydrogens is 348 g/mol. The summed E-state index contributed by atoms with van der Waals surface area (Å²) in [5, 5.41) is 0. The van der Waals surface area contributed by atoms with Crippen molar-refractivity contribution >= 4 is 16.1 Å². The summed E-state index contributed by atoms with van der Waals surface area (Å²) in [6.07, 6.45) is 5.55. The largest absolute Gasteiger partial charge is 0.498 e. The third-order valence-corrected chi connectivity index (χ3v) is 5.45. The molecule has 0 N–H and O–H groups in total. The van der Waals surface area contributed by atoms with Crippen LogP contribution in [0.5, 0.6) is 0 Å². The predicted octanol–water partition coefficient (Wildman–Crippen LogP) is 7.63. The Bertz CT molecular complexity index is 449. The highest BCUT2D eigenvalue weighted by Gasteiger charge is 2.23. The first-order valence-corrected chi connectivity index (χ1v) is 17.1. The number of allylic oxidation sites excluding steroid dienone is 1. The maximum absolute atomic E-state index is 5.43. The lowest BCUT2D eigenvalue weighted by molar-refractivity contribution is 0.0562. The molecule has 154 valence electrons. The van der Waals surface area contributed by atoms with Gasteiger partial charge in [0.05, 0.1) is 6.26 Å². The molecule has 0 aromatic rings. The minimum atomic E-state index is -1.02. The molecule has 0 aromatic carbocycles. The molecule has 1 aliphatic heterocycles. The van der Waals surface area contributed by atoms with E-state index in [4.69, 9.17) is 4.74 Å². The molecule has 0 fully saturated rings. The fraction of sp³-hybridized carbons (Fsp3) is 0.739. The monoisotopic (exact) mass is 396 g/mol. The van der Waals surface area contributed by atoms with Crippen LogP contribution in [0.1, 0.15) is 56.3 Å². The quantitative estimate of drug-likeness (QED) is 0.327. The van der Waals surface area contributed by atoms with Crippen molar-refractivity contribution in [2.24, 2.45) is 11.8 Å². The molecule has 0 radical (unpaired) electrons. The molecule has 0 saturated heterocycles. The lowest BCUT2D eigenvalue weighted by Gasteiger charge is -2.29. The summed E-state index contributed by atoms with van der Waals surface area (Å²) < 4.78 is 5.43. The maximum atomic E-state index is 5.43. The Morgan fingerprint density at radius 3 is 1.46 bits per heavy atom. The van der Waals surface area contributed by atoms with Gasteiger partial charge in [-0.3, -0.25) is 0 Å². The topological polar surface area (TPSA) is 9.23 Å². The predicted molar refractivity (Wildman–Crippen MR) is 130 cm³/mol. The molecule has 0 unspecified atom stereocenters. The van der Waals surface area contributed by atoms with Crippen LogP contribution in [-0.2, 0) is 4.74 Å². The third-order valence-electron chi connectivity index (χ3n) is 3.45. The van der Waals surface area contributed by atoms with E-state index < -0.39 is 16.1 Å². The van der Waals surface area contributed by atoms with Crippen molar-refractivity contribution in [2.45, 2.75) is 100 Å². The Balaban J connectivity index is -0.000000141. The Morgan fingerprint density at radius 1 is 0.885 bits per heavy atom. The molecule has 1 rings (SSSR count). The second-order valence-electron chi connectivity index (χ2n) is 8.38.